The average molecular weight is 276 g/mol. The van der Waals surface area contributed by atoms with Crippen LogP contribution >= 0.6 is 0 Å². The van der Waals surface area contributed by atoms with Crippen molar-refractivity contribution in [3.05, 3.63) is 28.3 Å². The van der Waals surface area contributed by atoms with E-state index >= 15 is 0 Å². The van der Waals surface area contributed by atoms with Crippen molar-refractivity contribution in [2.75, 3.05) is 36.5 Å². The number of ether oxygens (including phenoxy) is 1. The van der Waals surface area contributed by atoms with Crippen LogP contribution in [0.25, 0.3) is 0 Å². The van der Waals surface area contributed by atoms with Crippen LogP contribution in [0.15, 0.2) is 18.2 Å². The SMILES string of the molecule is CCNc1cccc(N2CCOC(C#N)C2)c1[N+](=O)[O-]. The van der Waals surface area contributed by atoms with Gasteiger partial charge in [0.2, 0.25) is 0 Å². The predicted molar refractivity (Wildman–Crippen MR) is 74.8 cm³/mol. The van der Waals surface area contributed by atoms with Crippen LogP contribution in [0.3, 0.4) is 0 Å². The monoisotopic (exact) mass is 276 g/mol. The maximum Gasteiger partial charge on any atom is 0.315 e. The second kappa shape index (κ2) is 6.21. The lowest BCUT2D eigenvalue weighted by Crippen LogP contribution is -2.42. The number of rotatable bonds is 4. The van der Waals surface area contributed by atoms with Crippen LogP contribution in [0.2, 0.25) is 0 Å². The van der Waals surface area contributed by atoms with Gasteiger partial charge in [0.05, 0.1) is 24.1 Å². The fraction of sp³-hybridized carbons (Fsp3) is 0.462. The van der Waals surface area contributed by atoms with Crippen LogP contribution in [0.4, 0.5) is 17.1 Å². The molecule has 0 aliphatic carbocycles. The van der Waals surface area contributed by atoms with Gasteiger partial charge in [0.15, 0.2) is 6.10 Å². The van der Waals surface area contributed by atoms with E-state index in [9.17, 15) is 10.1 Å². The average Bonchev–Trinajstić information content (AvgIpc) is 2.47. The van der Waals surface area contributed by atoms with Crippen molar-refractivity contribution >= 4 is 17.1 Å². The summed E-state index contributed by atoms with van der Waals surface area (Å²) >= 11 is 0. The fourth-order valence-electron chi connectivity index (χ4n) is 2.26. The third kappa shape index (κ3) is 2.81. The zero-order chi connectivity index (χ0) is 14.5. The molecule has 7 heteroatoms. The molecule has 1 saturated heterocycles. The Hall–Kier alpha value is -2.33. The third-order valence-electron chi connectivity index (χ3n) is 3.12. The first kappa shape index (κ1) is 14.1. The zero-order valence-corrected chi connectivity index (χ0v) is 11.2. The van der Waals surface area contributed by atoms with Crippen LogP contribution in [0.5, 0.6) is 0 Å². The van der Waals surface area contributed by atoms with Gasteiger partial charge >= 0.3 is 5.69 Å². The lowest BCUT2D eigenvalue weighted by molar-refractivity contribution is -0.383. The highest BCUT2D eigenvalue weighted by Crippen LogP contribution is 2.36. The number of para-hydroxylation sites is 1. The summed E-state index contributed by atoms with van der Waals surface area (Å²) in [5.74, 6) is 0. The standard InChI is InChI=1S/C13H16N4O3/c1-2-15-11-4-3-5-12(13(11)17(18)19)16-6-7-20-10(8-14)9-16/h3-5,10,15H,2,6-7,9H2,1H3. The minimum atomic E-state index is -0.550. The van der Waals surface area contributed by atoms with Gasteiger partial charge in [-0.2, -0.15) is 5.26 Å². The molecule has 1 aliphatic rings. The van der Waals surface area contributed by atoms with Gasteiger partial charge < -0.3 is 15.0 Å². The molecule has 106 valence electrons. The Balaban J connectivity index is 2.38. The first-order chi connectivity index (χ1) is 9.67. The normalized spacial score (nSPS) is 18.4. The summed E-state index contributed by atoms with van der Waals surface area (Å²) in [5, 5.41) is 23.3. The van der Waals surface area contributed by atoms with Gasteiger partial charge in [0.25, 0.3) is 0 Å². The van der Waals surface area contributed by atoms with Crippen molar-refractivity contribution < 1.29 is 9.66 Å². The van der Waals surface area contributed by atoms with E-state index in [2.05, 4.69) is 5.32 Å². The number of benzene rings is 1. The van der Waals surface area contributed by atoms with Gasteiger partial charge in [-0.05, 0) is 19.1 Å². The van der Waals surface area contributed by atoms with E-state index in [1.54, 1.807) is 18.2 Å². The minimum Gasteiger partial charge on any atom is -0.380 e. The summed E-state index contributed by atoms with van der Waals surface area (Å²) in [6, 6.07) is 7.21. The molecule has 0 aromatic heterocycles. The number of nitrogens with one attached hydrogen (secondary N) is 1. The molecular formula is C13H16N4O3. The highest BCUT2D eigenvalue weighted by atomic mass is 16.6. The van der Waals surface area contributed by atoms with E-state index in [4.69, 9.17) is 10.00 Å². The van der Waals surface area contributed by atoms with Crippen molar-refractivity contribution in [2.24, 2.45) is 0 Å². The first-order valence-electron chi connectivity index (χ1n) is 6.44. The Morgan fingerprint density at radius 2 is 2.45 bits per heavy atom. The summed E-state index contributed by atoms with van der Waals surface area (Å²) in [4.78, 5) is 12.8. The topological polar surface area (TPSA) is 91.4 Å². The molecular weight excluding hydrogens is 260 g/mol. The van der Waals surface area contributed by atoms with Crippen molar-refractivity contribution in [2.45, 2.75) is 13.0 Å². The maximum absolute atomic E-state index is 11.4. The van der Waals surface area contributed by atoms with E-state index in [0.29, 0.717) is 37.6 Å². The quantitative estimate of drug-likeness (QED) is 0.665. The van der Waals surface area contributed by atoms with Gasteiger partial charge in [0.1, 0.15) is 11.4 Å². The van der Waals surface area contributed by atoms with Gasteiger partial charge in [-0.1, -0.05) is 6.07 Å². The second-order valence-corrected chi connectivity index (χ2v) is 4.40. The molecule has 1 N–H and O–H groups in total. The zero-order valence-electron chi connectivity index (χ0n) is 11.2. The molecule has 1 unspecified atom stereocenters. The number of nitro groups is 1. The van der Waals surface area contributed by atoms with Crippen LogP contribution in [0.1, 0.15) is 6.92 Å². The van der Waals surface area contributed by atoms with Crippen LogP contribution in [-0.4, -0.2) is 37.3 Å². The molecule has 0 amide bonds. The smallest absolute Gasteiger partial charge is 0.315 e. The summed E-state index contributed by atoms with van der Waals surface area (Å²) in [6.07, 6.45) is -0.550. The van der Waals surface area contributed by atoms with E-state index in [-0.39, 0.29) is 10.6 Å². The Kier molecular flexibility index (Phi) is 4.38. The largest absolute Gasteiger partial charge is 0.380 e. The van der Waals surface area contributed by atoms with Crippen molar-refractivity contribution in [3.8, 4) is 6.07 Å². The number of hydrogen-bond donors (Lipinski definition) is 1. The lowest BCUT2D eigenvalue weighted by atomic mass is 10.1. The van der Waals surface area contributed by atoms with E-state index < -0.39 is 6.10 Å². The van der Waals surface area contributed by atoms with E-state index in [1.165, 1.54) is 0 Å². The van der Waals surface area contributed by atoms with Gasteiger partial charge in [-0.25, -0.2) is 0 Å². The Morgan fingerprint density at radius 3 is 3.10 bits per heavy atom. The molecule has 7 nitrogen and oxygen atoms in total. The van der Waals surface area contributed by atoms with Gasteiger partial charge in [0, 0.05) is 13.1 Å². The molecule has 1 heterocycles. The van der Waals surface area contributed by atoms with Crippen molar-refractivity contribution in [1.82, 2.24) is 0 Å². The van der Waals surface area contributed by atoms with Crippen LogP contribution < -0.4 is 10.2 Å². The van der Waals surface area contributed by atoms with Crippen molar-refractivity contribution in [1.29, 1.82) is 5.26 Å². The minimum absolute atomic E-state index is 0.0490. The van der Waals surface area contributed by atoms with Crippen molar-refractivity contribution in [3.63, 3.8) is 0 Å². The van der Waals surface area contributed by atoms with Gasteiger partial charge in [-0.15, -0.1) is 0 Å². The number of hydrogen-bond acceptors (Lipinski definition) is 6. The van der Waals surface area contributed by atoms with Crippen LogP contribution in [0, 0.1) is 21.4 Å². The second-order valence-electron chi connectivity index (χ2n) is 4.40. The molecule has 0 bridgehead atoms. The number of anilines is 2. The highest BCUT2D eigenvalue weighted by molar-refractivity contribution is 5.77. The Morgan fingerprint density at radius 1 is 1.65 bits per heavy atom. The molecule has 1 fully saturated rings. The fourth-order valence-corrected chi connectivity index (χ4v) is 2.26. The number of morpholine rings is 1. The Labute approximate surface area is 116 Å². The number of nitro benzene ring substituents is 1. The summed E-state index contributed by atoms with van der Waals surface area (Å²) in [7, 11) is 0. The highest BCUT2D eigenvalue weighted by Gasteiger charge is 2.27. The Bertz CT molecular complexity index is 541. The predicted octanol–water partition coefficient (Wildman–Crippen LogP) is 1.76. The molecule has 1 aromatic rings. The summed E-state index contributed by atoms with van der Waals surface area (Å²) in [6.45, 7) is 3.76. The molecule has 1 aromatic carbocycles. The lowest BCUT2D eigenvalue weighted by Gasteiger charge is -2.31. The number of nitriles is 1. The van der Waals surface area contributed by atoms with E-state index in [0.717, 1.165) is 0 Å². The molecule has 1 atom stereocenters. The van der Waals surface area contributed by atoms with Gasteiger partial charge in [-0.3, -0.25) is 10.1 Å². The molecule has 0 spiro atoms. The van der Waals surface area contributed by atoms with Crippen LogP contribution in [-0.2, 0) is 4.74 Å². The third-order valence-corrected chi connectivity index (χ3v) is 3.12. The molecule has 0 saturated carbocycles. The summed E-state index contributed by atoms with van der Waals surface area (Å²) in [5.41, 5.74) is 1.07. The number of nitrogens with zero attached hydrogens (tertiary/aromatic N) is 3. The molecule has 2 rings (SSSR count). The molecule has 0 radical (unpaired) electrons. The first-order valence-corrected chi connectivity index (χ1v) is 6.44. The molecule has 1 aliphatic heterocycles. The summed E-state index contributed by atoms with van der Waals surface area (Å²) < 4.78 is 5.27. The molecule has 20 heavy (non-hydrogen) atoms. The maximum atomic E-state index is 11.4. The van der Waals surface area contributed by atoms with E-state index in [1.807, 2.05) is 17.9 Å².